The minimum Gasteiger partial charge on any atom is -0.390 e. The van der Waals surface area contributed by atoms with Gasteiger partial charge in [-0.1, -0.05) is 24.3 Å². The molecule has 9 heteroatoms. The first kappa shape index (κ1) is 25.5. The van der Waals surface area contributed by atoms with Gasteiger partial charge in [-0.25, -0.2) is 9.97 Å². The molecule has 1 unspecified atom stereocenters. The number of hydrogen-bond donors (Lipinski definition) is 4. The number of aliphatic hydroxyl groups is 2. The largest absolute Gasteiger partial charge is 0.390 e. The number of rotatable bonds is 9. The van der Waals surface area contributed by atoms with E-state index in [0.29, 0.717) is 18.9 Å². The summed E-state index contributed by atoms with van der Waals surface area (Å²) in [6.07, 6.45) is 3.59. The minimum atomic E-state index is -0.692. The zero-order chi connectivity index (χ0) is 24.8. The van der Waals surface area contributed by atoms with Crippen LogP contribution in [0.2, 0.25) is 0 Å². The molecule has 4 N–H and O–H groups in total. The van der Waals surface area contributed by atoms with Crippen molar-refractivity contribution in [1.82, 2.24) is 25.1 Å². The number of likely N-dealkylation sites (tertiary alicyclic amines) is 1. The highest BCUT2D eigenvalue weighted by atomic mass is 16.3. The highest BCUT2D eigenvalue weighted by molar-refractivity contribution is 5.92. The number of carbonyl (C=O) groups is 1. The molecule has 2 aromatic rings. The average molecular weight is 483 g/mol. The Morgan fingerprint density at radius 1 is 1.14 bits per heavy atom. The second kappa shape index (κ2) is 11.4. The van der Waals surface area contributed by atoms with Crippen LogP contribution in [0.25, 0.3) is 0 Å². The molecule has 0 radical (unpaired) electrons. The number of amides is 1. The quantitative estimate of drug-likeness (QED) is 0.423. The number of β-amino-alcohol motifs (C(OH)–C–C–N with tert-alkyl or cyclic N) is 2. The number of anilines is 1. The minimum absolute atomic E-state index is 0.170. The number of fused-ring (bicyclic) bond motifs is 1. The number of aromatic nitrogens is 2. The fraction of sp³-hybridized carbons (Fsp3) is 0.577. The van der Waals surface area contributed by atoms with Crippen LogP contribution in [0.4, 0.5) is 5.82 Å². The molecule has 4 rings (SSSR count). The summed E-state index contributed by atoms with van der Waals surface area (Å²) >= 11 is 0. The Morgan fingerprint density at radius 2 is 1.89 bits per heavy atom. The number of hydrogen-bond acceptors (Lipinski definition) is 8. The van der Waals surface area contributed by atoms with Crippen molar-refractivity contribution in [2.45, 2.75) is 57.4 Å². The van der Waals surface area contributed by atoms with Crippen molar-refractivity contribution in [2.75, 3.05) is 44.6 Å². The number of nitrogens with zero attached hydrogens (tertiary/aromatic N) is 4. The van der Waals surface area contributed by atoms with E-state index in [0.717, 1.165) is 45.4 Å². The van der Waals surface area contributed by atoms with Crippen molar-refractivity contribution in [2.24, 2.45) is 0 Å². The fourth-order valence-electron chi connectivity index (χ4n) is 4.93. The van der Waals surface area contributed by atoms with E-state index in [9.17, 15) is 15.0 Å². The zero-order valence-corrected chi connectivity index (χ0v) is 20.8. The predicted octanol–water partition coefficient (Wildman–Crippen LogP) is 1.27. The van der Waals surface area contributed by atoms with Crippen LogP contribution in [0.15, 0.2) is 36.7 Å². The predicted molar refractivity (Wildman–Crippen MR) is 135 cm³/mol. The van der Waals surface area contributed by atoms with Gasteiger partial charge in [0.15, 0.2) is 0 Å². The van der Waals surface area contributed by atoms with Crippen LogP contribution >= 0.6 is 0 Å². The SMILES string of the molecule is CC(C)(O)CN1CCC(Nc2cc(C(=O)NCC(O)CN3CCc4ccccc4C3)ncn2)CC1. The van der Waals surface area contributed by atoms with Gasteiger partial charge in [-0.15, -0.1) is 0 Å². The molecule has 1 fully saturated rings. The molecule has 1 aromatic carbocycles. The van der Waals surface area contributed by atoms with E-state index in [1.165, 1.54) is 17.5 Å². The molecule has 1 aromatic heterocycles. The van der Waals surface area contributed by atoms with Gasteiger partial charge >= 0.3 is 0 Å². The van der Waals surface area contributed by atoms with Crippen LogP contribution in [0.5, 0.6) is 0 Å². The third-order valence-electron chi connectivity index (χ3n) is 6.63. The van der Waals surface area contributed by atoms with Crippen molar-refractivity contribution in [3.05, 3.63) is 53.5 Å². The standard InChI is InChI=1S/C26H38N6O3/c1-26(2,35)17-31-11-8-21(9-12-31)30-24-13-23(28-18-29-24)25(34)27-14-22(33)16-32-10-7-19-5-3-4-6-20(19)15-32/h3-6,13,18,21-22,33,35H,7-12,14-17H2,1-2H3,(H,27,34)(H,28,29,30). The Hall–Kier alpha value is -2.59. The van der Waals surface area contributed by atoms with E-state index in [4.69, 9.17) is 0 Å². The maximum absolute atomic E-state index is 12.6. The molecule has 1 atom stereocenters. The van der Waals surface area contributed by atoms with Crippen LogP contribution in [0, 0.1) is 0 Å². The average Bonchev–Trinajstić information content (AvgIpc) is 2.83. The van der Waals surface area contributed by atoms with E-state index in [1.54, 1.807) is 6.07 Å². The summed E-state index contributed by atoms with van der Waals surface area (Å²) in [5.41, 5.74) is 2.27. The molecule has 35 heavy (non-hydrogen) atoms. The van der Waals surface area contributed by atoms with Crippen molar-refractivity contribution < 1.29 is 15.0 Å². The van der Waals surface area contributed by atoms with Gasteiger partial charge in [0.2, 0.25) is 0 Å². The summed E-state index contributed by atoms with van der Waals surface area (Å²) < 4.78 is 0. The molecule has 3 heterocycles. The third kappa shape index (κ3) is 7.70. The van der Waals surface area contributed by atoms with Crippen LogP contribution in [-0.4, -0.2) is 92.9 Å². The van der Waals surface area contributed by atoms with Gasteiger partial charge in [0.05, 0.1) is 11.7 Å². The first-order chi connectivity index (χ1) is 16.7. The first-order valence-corrected chi connectivity index (χ1v) is 12.5. The first-order valence-electron chi connectivity index (χ1n) is 12.5. The summed E-state index contributed by atoms with van der Waals surface area (Å²) in [4.78, 5) is 25.5. The molecule has 1 amide bonds. The molecule has 0 bridgehead atoms. The molecule has 1 saturated heterocycles. The number of nitrogens with one attached hydrogen (secondary N) is 2. The monoisotopic (exact) mass is 482 g/mol. The van der Waals surface area contributed by atoms with Crippen molar-refractivity contribution >= 4 is 11.7 Å². The highest BCUT2D eigenvalue weighted by Crippen LogP contribution is 2.19. The van der Waals surface area contributed by atoms with Gasteiger partial charge < -0.3 is 25.7 Å². The summed E-state index contributed by atoms with van der Waals surface area (Å²) in [6, 6.07) is 10.3. The van der Waals surface area contributed by atoms with E-state index in [2.05, 4.69) is 48.6 Å². The normalized spacial score (nSPS) is 18.6. The molecule has 2 aliphatic rings. The lowest BCUT2D eigenvalue weighted by molar-refractivity contribution is 0.0291. The highest BCUT2D eigenvalue weighted by Gasteiger charge is 2.24. The second-order valence-electron chi connectivity index (χ2n) is 10.4. The lowest BCUT2D eigenvalue weighted by Crippen LogP contribution is -2.45. The Labute approximate surface area is 207 Å². The van der Waals surface area contributed by atoms with Crippen LogP contribution in [0.3, 0.4) is 0 Å². The molecule has 0 spiro atoms. The van der Waals surface area contributed by atoms with Gasteiger partial charge in [0.1, 0.15) is 17.8 Å². The fourth-order valence-corrected chi connectivity index (χ4v) is 4.93. The van der Waals surface area contributed by atoms with Crippen molar-refractivity contribution in [1.29, 1.82) is 0 Å². The van der Waals surface area contributed by atoms with Crippen LogP contribution in [0.1, 0.15) is 48.3 Å². The Kier molecular flexibility index (Phi) is 8.33. The smallest absolute Gasteiger partial charge is 0.270 e. The molecule has 2 aliphatic heterocycles. The maximum Gasteiger partial charge on any atom is 0.270 e. The lowest BCUT2D eigenvalue weighted by Gasteiger charge is -2.35. The van der Waals surface area contributed by atoms with Gasteiger partial charge in [0.25, 0.3) is 5.91 Å². The summed E-state index contributed by atoms with van der Waals surface area (Å²) in [5.74, 6) is 0.303. The van der Waals surface area contributed by atoms with E-state index >= 15 is 0 Å². The topological polar surface area (TPSA) is 114 Å². The van der Waals surface area contributed by atoms with Crippen molar-refractivity contribution in [3.63, 3.8) is 0 Å². The maximum atomic E-state index is 12.6. The molecular weight excluding hydrogens is 444 g/mol. The van der Waals surface area contributed by atoms with Crippen LogP contribution in [-0.2, 0) is 13.0 Å². The van der Waals surface area contributed by atoms with Gasteiger partial charge in [0, 0.05) is 57.9 Å². The number of piperidine rings is 1. The molecule has 9 nitrogen and oxygen atoms in total. The summed E-state index contributed by atoms with van der Waals surface area (Å²) in [5, 5.41) is 26.7. The van der Waals surface area contributed by atoms with E-state index in [1.807, 2.05) is 19.9 Å². The summed E-state index contributed by atoms with van der Waals surface area (Å²) in [6.45, 7) is 8.53. The number of aliphatic hydroxyl groups excluding tert-OH is 1. The third-order valence-corrected chi connectivity index (χ3v) is 6.63. The molecule has 0 saturated carbocycles. The Bertz CT molecular complexity index is 987. The van der Waals surface area contributed by atoms with Crippen molar-refractivity contribution in [3.8, 4) is 0 Å². The van der Waals surface area contributed by atoms with E-state index in [-0.39, 0.29) is 24.2 Å². The second-order valence-corrected chi connectivity index (χ2v) is 10.4. The van der Waals surface area contributed by atoms with Gasteiger partial charge in [-0.3, -0.25) is 9.69 Å². The summed E-state index contributed by atoms with van der Waals surface area (Å²) in [7, 11) is 0. The molecule has 190 valence electrons. The number of carbonyl (C=O) groups excluding carboxylic acids is 1. The zero-order valence-electron chi connectivity index (χ0n) is 20.8. The van der Waals surface area contributed by atoms with Gasteiger partial charge in [-0.2, -0.15) is 0 Å². The van der Waals surface area contributed by atoms with Gasteiger partial charge in [-0.05, 0) is 44.2 Å². The lowest BCUT2D eigenvalue weighted by atomic mass is 10.00. The molecule has 0 aliphatic carbocycles. The Morgan fingerprint density at radius 3 is 2.63 bits per heavy atom. The molecular formula is C26H38N6O3. The Balaban J connectivity index is 1.21. The number of benzene rings is 1. The van der Waals surface area contributed by atoms with Crippen LogP contribution < -0.4 is 10.6 Å². The van der Waals surface area contributed by atoms with E-state index < -0.39 is 11.7 Å².